The molecule has 0 aliphatic rings. The normalized spacial score (nSPS) is 11.6. The molecule has 190 valence electrons. The zero-order chi connectivity index (χ0) is 25.9. The summed E-state index contributed by atoms with van der Waals surface area (Å²) >= 11 is 6.41. The molecule has 0 radical (unpaired) electrons. The maximum absolute atomic E-state index is 14.8. The molecule has 2 amide bonds. The number of aromatic nitrogens is 3. The number of urea groups is 1. The van der Waals surface area contributed by atoms with E-state index in [-0.39, 0.29) is 24.0 Å². The lowest BCUT2D eigenvalue weighted by Gasteiger charge is -2.15. The maximum Gasteiger partial charge on any atom is 0.324 e. The van der Waals surface area contributed by atoms with Crippen LogP contribution >= 0.6 is 11.6 Å². The van der Waals surface area contributed by atoms with Crippen molar-refractivity contribution < 1.29 is 27.6 Å². The fourth-order valence-corrected chi connectivity index (χ4v) is 4.31. The van der Waals surface area contributed by atoms with E-state index < -0.39 is 31.5 Å². The van der Waals surface area contributed by atoms with Crippen LogP contribution in [0.25, 0.3) is 11.0 Å². The number of hydrogen-bond acceptors (Lipinski definition) is 6. The minimum Gasteiger partial charge on any atom is -0.450 e. The van der Waals surface area contributed by atoms with Crippen molar-refractivity contribution in [2.45, 2.75) is 32.4 Å². The number of hydrogen-bond donors (Lipinski definition) is 2. The molecule has 3 aromatic heterocycles. The first-order chi connectivity index (χ1) is 17.1. The lowest BCUT2D eigenvalue weighted by Crippen LogP contribution is -2.22. The number of nitrogens with zero attached hydrogens (tertiary/aromatic N) is 3. The predicted molar refractivity (Wildman–Crippen MR) is 134 cm³/mol. The van der Waals surface area contributed by atoms with Crippen molar-refractivity contribution in [3.63, 3.8) is 0 Å². The SMILES string of the molecule is C[Si](C)(C)CCOCn1cc(Cl)c2c(Oc3c(F)cc(NC(=O)Nc4ccon4)cc3F)ccnc21. The second-order valence-electron chi connectivity index (χ2n) is 9.14. The summed E-state index contributed by atoms with van der Waals surface area (Å²) in [4.78, 5) is 16.3. The summed E-state index contributed by atoms with van der Waals surface area (Å²) in [7, 11) is -1.24. The van der Waals surface area contributed by atoms with Gasteiger partial charge in [-0.2, -0.15) is 0 Å². The lowest BCUT2D eigenvalue weighted by atomic mass is 10.2. The van der Waals surface area contributed by atoms with Gasteiger partial charge in [0.15, 0.2) is 23.2 Å². The van der Waals surface area contributed by atoms with E-state index in [0.717, 1.165) is 18.2 Å². The van der Waals surface area contributed by atoms with Gasteiger partial charge in [-0.1, -0.05) is 36.4 Å². The van der Waals surface area contributed by atoms with Gasteiger partial charge in [-0.3, -0.25) is 5.32 Å². The number of amides is 2. The summed E-state index contributed by atoms with van der Waals surface area (Å²) < 4.78 is 47.3. The van der Waals surface area contributed by atoms with E-state index in [4.69, 9.17) is 21.1 Å². The minimum atomic E-state index is -1.24. The fourth-order valence-electron chi connectivity index (χ4n) is 3.26. The molecule has 0 saturated carbocycles. The largest absolute Gasteiger partial charge is 0.450 e. The van der Waals surface area contributed by atoms with Gasteiger partial charge < -0.3 is 23.9 Å². The summed E-state index contributed by atoms with van der Waals surface area (Å²) in [5.74, 6) is -2.45. The van der Waals surface area contributed by atoms with Gasteiger partial charge in [0.25, 0.3) is 0 Å². The molecule has 0 unspecified atom stereocenters. The van der Waals surface area contributed by atoms with Crippen LogP contribution in [0.3, 0.4) is 0 Å². The number of nitrogens with one attached hydrogen (secondary N) is 2. The molecule has 9 nitrogen and oxygen atoms in total. The Morgan fingerprint density at radius 3 is 2.61 bits per heavy atom. The van der Waals surface area contributed by atoms with Gasteiger partial charge >= 0.3 is 6.03 Å². The van der Waals surface area contributed by atoms with Gasteiger partial charge in [0.2, 0.25) is 0 Å². The van der Waals surface area contributed by atoms with E-state index in [1.807, 2.05) is 0 Å². The van der Waals surface area contributed by atoms with Crippen LogP contribution in [0, 0.1) is 11.6 Å². The third-order valence-corrected chi connectivity index (χ3v) is 7.04. The van der Waals surface area contributed by atoms with Crippen molar-refractivity contribution in [2.24, 2.45) is 0 Å². The van der Waals surface area contributed by atoms with Crippen LogP contribution in [-0.4, -0.2) is 35.4 Å². The smallest absolute Gasteiger partial charge is 0.324 e. The fraction of sp³-hybridized carbons (Fsp3) is 0.261. The number of ether oxygens (including phenoxy) is 2. The Balaban J connectivity index is 1.50. The van der Waals surface area contributed by atoms with Crippen LogP contribution in [0.5, 0.6) is 11.5 Å². The van der Waals surface area contributed by atoms with Crippen molar-refractivity contribution >= 4 is 48.2 Å². The quantitative estimate of drug-likeness (QED) is 0.182. The average molecular weight is 536 g/mol. The molecule has 4 rings (SSSR count). The van der Waals surface area contributed by atoms with Gasteiger partial charge in [-0.05, 0) is 12.1 Å². The summed E-state index contributed by atoms with van der Waals surface area (Å²) in [6, 6.07) is 4.97. The second kappa shape index (κ2) is 10.6. The van der Waals surface area contributed by atoms with Crippen LogP contribution in [0.4, 0.5) is 25.1 Å². The van der Waals surface area contributed by atoms with Crippen LogP contribution in [-0.2, 0) is 11.5 Å². The van der Waals surface area contributed by atoms with Gasteiger partial charge in [0, 0.05) is 51.0 Å². The molecular formula is C23H24ClF2N5O4Si. The van der Waals surface area contributed by atoms with E-state index in [0.29, 0.717) is 22.7 Å². The van der Waals surface area contributed by atoms with Gasteiger partial charge in [-0.15, -0.1) is 0 Å². The Labute approximate surface area is 211 Å². The number of anilines is 2. The highest BCUT2D eigenvalue weighted by atomic mass is 35.5. The number of pyridine rings is 1. The number of fused-ring (bicyclic) bond motifs is 1. The van der Waals surface area contributed by atoms with Crippen LogP contribution in [0.1, 0.15) is 0 Å². The van der Waals surface area contributed by atoms with Crippen molar-refractivity contribution in [1.82, 2.24) is 14.7 Å². The molecule has 1 aromatic carbocycles. The van der Waals surface area contributed by atoms with E-state index >= 15 is 0 Å². The maximum atomic E-state index is 14.8. The summed E-state index contributed by atoms with van der Waals surface area (Å²) in [6.07, 6.45) is 4.35. The van der Waals surface area contributed by atoms with Crippen molar-refractivity contribution in [3.05, 3.63) is 59.6 Å². The Morgan fingerprint density at radius 1 is 1.19 bits per heavy atom. The molecule has 0 aliphatic carbocycles. The van der Waals surface area contributed by atoms with Crippen LogP contribution in [0.2, 0.25) is 30.7 Å². The summed E-state index contributed by atoms with van der Waals surface area (Å²) in [5, 5.41) is 8.88. The minimum absolute atomic E-state index is 0.119. The van der Waals surface area contributed by atoms with Gasteiger partial charge in [-0.25, -0.2) is 18.6 Å². The highest BCUT2D eigenvalue weighted by Gasteiger charge is 2.20. The molecule has 36 heavy (non-hydrogen) atoms. The zero-order valence-corrected chi connectivity index (χ0v) is 21.5. The second-order valence-corrected chi connectivity index (χ2v) is 15.2. The van der Waals surface area contributed by atoms with Crippen LogP contribution in [0.15, 0.2) is 47.4 Å². The predicted octanol–water partition coefficient (Wildman–Crippen LogP) is 6.70. The van der Waals surface area contributed by atoms with Crippen molar-refractivity contribution in [2.75, 3.05) is 17.2 Å². The third-order valence-electron chi connectivity index (χ3n) is 5.05. The molecule has 0 atom stereocenters. The first-order valence-electron chi connectivity index (χ1n) is 11.0. The molecule has 4 aromatic rings. The molecule has 2 N–H and O–H groups in total. The standard InChI is InChI=1S/C23H24ClF2N5O4Si/c1-36(2,3)9-8-33-13-31-12-15(24)20-18(4-6-27-22(20)31)35-21-16(25)10-14(11-17(21)26)28-23(32)29-19-5-7-34-30-19/h4-7,10-12H,8-9,13H2,1-3H3,(H2,28,29,30,32). The number of benzene rings is 1. The zero-order valence-electron chi connectivity index (χ0n) is 19.8. The topological polar surface area (TPSA) is 103 Å². The Morgan fingerprint density at radius 2 is 1.94 bits per heavy atom. The Kier molecular flexibility index (Phi) is 7.57. The summed E-state index contributed by atoms with van der Waals surface area (Å²) in [6.45, 7) is 7.62. The monoisotopic (exact) mass is 535 g/mol. The Bertz CT molecular complexity index is 1350. The average Bonchev–Trinajstić information content (AvgIpc) is 3.41. The molecule has 0 bridgehead atoms. The first kappa shape index (κ1) is 25.6. The highest BCUT2D eigenvalue weighted by molar-refractivity contribution is 6.76. The van der Waals surface area contributed by atoms with E-state index in [1.54, 1.807) is 10.8 Å². The molecular weight excluding hydrogens is 512 g/mol. The van der Waals surface area contributed by atoms with E-state index in [9.17, 15) is 13.6 Å². The lowest BCUT2D eigenvalue weighted by molar-refractivity contribution is 0.0899. The molecule has 13 heteroatoms. The van der Waals surface area contributed by atoms with Crippen molar-refractivity contribution in [1.29, 1.82) is 0 Å². The third kappa shape index (κ3) is 6.19. The molecule has 0 spiro atoms. The Hall–Kier alpha value is -3.48. The first-order valence-corrected chi connectivity index (χ1v) is 15.1. The number of rotatable bonds is 9. The molecule has 0 fully saturated rings. The molecule has 0 saturated heterocycles. The van der Waals surface area contributed by atoms with Crippen molar-refractivity contribution in [3.8, 4) is 11.5 Å². The number of carbonyl (C=O) groups excluding carboxylic acids is 1. The molecule has 0 aliphatic heterocycles. The molecule has 3 heterocycles. The van der Waals surface area contributed by atoms with E-state index in [2.05, 4.69) is 44.9 Å². The van der Waals surface area contributed by atoms with Crippen LogP contribution < -0.4 is 15.4 Å². The number of carbonyl (C=O) groups is 1. The van der Waals surface area contributed by atoms with Gasteiger partial charge in [0.05, 0.1) is 10.4 Å². The van der Waals surface area contributed by atoms with E-state index in [1.165, 1.54) is 24.6 Å². The highest BCUT2D eigenvalue weighted by Crippen LogP contribution is 2.37. The summed E-state index contributed by atoms with van der Waals surface area (Å²) in [5.41, 5.74) is 0.326. The van der Waals surface area contributed by atoms with Gasteiger partial charge in [0.1, 0.15) is 24.4 Å². The number of halogens is 3.